The largest absolute Gasteiger partial charge is 0.339 e. The van der Waals surface area contributed by atoms with Crippen molar-refractivity contribution in [2.75, 3.05) is 45.0 Å². The van der Waals surface area contributed by atoms with Crippen molar-refractivity contribution in [2.45, 2.75) is 0 Å². The van der Waals surface area contributed by atoms with Gasteiger partial charge in [-0.25, -0.2) is 0 Å². The number of halogens is 1. The fourth-order valence-electron chi connectivity index (χ4n) is 1.75. The Morgan fingerprint density at radius 3 is 2.56 bits per heavy atom. The van der Waals surface area contributed by atoms with Gasteiger partial charge in [-0.15, -0.1) is 12.4 Å². The lowest BCUT2D eigenvalue weighted by atomic mass is 10.3. The molecule has 0 saturated carbocycles. The lowest BCUT2D eigenvalue weighted by molar-refractivity contribution is -0.132. The van der Waals surface area contributed by atoms with E-state index in [-0.39, 0.29) is 30.1 Å². The van der Waals surface area contributed by atoms with Crippen LogP contribution in [0.4, 0.5) is 4.79 Å². The molecule has 0 aliphatic carbocycles. The summed E-state index contributed by atoms with van der Waals surface area (Å²) in [5.74, 6) is 0.889. The molecule has 1 N–H and O–H groups in total. The molecule has 2 fully saturated rings. The van der Waals surface area contributed by atoms with E-state index < -0.39 is 0 Å². The Hall–Kier alpha value is -0.460. The number of thioether (sulfide) groups is 1. The molecule has 5 nitrogen and oxygen atoms in total. The molecule has 0 aromatic carbocycles. The summed E-state index contributed by atoms with van der Waals surface area (Å²) in [5, 5.41) is 3.23. The number of amides is 2. The SMILES string of the molecule is Cl.O=C(CN1CCSC1=O)N1CCNCC1. The van der Waals surface area contributed by atoms with Crippen molar-refractivity contribution in [2.24, 2.45) is 0 Å². The van der Waals surface area contributed by atoms with Crippen LogP contribution in [-0.4, -0.2) is 66.0 Å². The van der Waals surface area contributed by atoms with Gasteiger partial charge in [0.25, 0.3) is 5.24 Å². The molecule has 2 rings (SSSR count). The van der Waals surface area contributed by atoms with E-state index in [1.54, 1.807) is 4.90 Å². The Morgan fingerprint density at radius 2 is 2.00 bits per heavy atom. The molecule has 2 heterocycles. The fraction of sp³-hybridized carbons (Fsp3) is 0.778. The van der Waals surface area contributed by atoms with Crippen molar-refractivity contribution in [3.05, 3.63) is 0 Å². The molecule has 0 spiro atoms. The Labute approximate surface area is 105 Å². The second-order valence-corrected chi connectivity index (χ2v) is 4.71. The minimum Gasteiger partial charge on any atom is -0.339 e. The first kappa shape index (κ1) is 13.6. The Bertz CT molecular complexity index is 271. The van der Waals surface area contributed by atoms with Gasteiger partial charge in [-0.05, 0) is 0 Å². The summed E-state index contributed by atoms with van der Waals surface area (Å²) in [4.78, 5) is 26.6. The normalized spacial score (nSPS) is 20.9. The molecule has 7 heteroatoms. The number of nitrogens with zero attached hydrogens (tertiary/aromatic N) is 2. The van der Waals surface area contributed by atoms with Gasteiger partial charge in [0.05, 0.1) is 0 Å². The summed E-state index contributed by atoms with van der Waals surface area (Å²) in [6.07, 6.45) is 0. The third-order valence-electron chi connectivity index (χ3n) is 2.64. The van der Waals surface area contributed by atoms with E-state index in [2.05, 4.69) is 5.32 Å². The molecule has 2 aliphatic rings. The van der Waals surface area contributed by atoms with Gasteiger partial charge in [0, 0.05) is 38.5 Å². The summed E-state index contributed by atoms with van der Waals surface area (Å²) < 4.78 is 0. The molecule has 2 aliphatic heterocycles. The van der Waals surface area contributed by atoms with Crippen molar-refractivity contribution in [3.63, 3.8) is 0 Å². The molecule has 0 bridgehead atoms. The van der Waals surface area contributed by atoms with Crippen molar-refractivity contribution < 1.29 is 9.59 Å². The van der Waals surface area contributed by atoms with Crippen LogP contribution < -0.4 is 5.32 Å². The van der Waals surface area contributed by atoms with Crippen LogP contribution in [-0.2, 0) is 4.79 Å². The smallest absolute Gasteiger partial charge is 0.282 e. The molecule has 2 saturated heterocycles. The van der Waals surface area contributed by atoms with Gasteiger partial charge in [0.2, 0.25) is 5.91 Å². The maximum Gasteiger partial charge on any atom is 0.282 e. The molecular weight excluding hydrogens is 250 g/mol. The first-order chi connectivity index (χ1) is 7.27. The highest BCUT2D eigenvalue weighted by atomic mass is 35.5. The number of carbonyl (C=O) groups is 2. The molecule has 2 amide bonds. The minimum absolute atomic E-state index is 0. The van der Waals surface area contributed by atoms with Gasteiger partial charge in [0.1, 0.15) is 6.54 Å². The highest BCUT2D eigenvalue weighted by molar-refractivity contribution is 8.13. The van der Waals surface area contributed by atoms with E-state index in [0.717, 1.165) is 31.9 Å². The summed E-state index contributed by atoms with van der Waals surface area (Å²) in [6.45, 7) is 4.19. The second-order valence-electron chi connectivity index (χ2n) is 3.67. The molecule has 92 valence electrons. The summed E-state index contributed by atoms with van der Waals surface area (Å²) in [5.41, 5.74) is 0. The van der Waals surface area contributed by atoms with Crippen LogP contribution in [0, 0.1) is 0 Å². The predicted octanol–water partition coefficient (Wildman–Crippen LogP) is 0.00880. The van der Waals surface area contributed by atoms with Crippen LogP contribution in [0.2, 0.25) is 0 Å². The monoisotopic (exact) mass is 265 g/mol. The fourth-order valence-corrected chi connectivity index (χ4v) is 2.57. The lowest BCUT2D eigenvalue weighted by Crippen LogP contribution is -2.49. The number of hydrogen-bond donors (Lipinski definition) is 1. The first-order valence-electron chi connectivity index (χ1n) is 5.17. The van der Waals surface area contributed by atoms with Gasteiger partial charge < -0.3 is 15.1 Å². The van der Waals surface area contributed by atoms with Gasteiger partial charge in [-0.2, -0.15) is 0 Å². The number of hydrogen-bond acceptors (Lipinski definition) is 4. The van der Waals surface area contributed by atoms with Crippen LogP contribution in [0.3, 0.4) is 0 Å². The van der Waals surface area contributed by atoms with Gasteiger partial charge >= 0.3 is 0 Å². The van der Waals surface area contributed by atoms with E-state index in [1.165, 1.54) is 11.8 Å². The van der Waals surface area contributed by atoms with Gasteiger partial charge in [-0.3, -0.25) is 9.59 Å². The zero-order chi connectivity index (χ0) is 10.7. The highest BCUT2D eigenvalue weighted by Gasteiger charge is 2.25. The third-order valence-corrected chi connectivity index (χ3v) is 3.53. The maximum atomic E-state index is 11.8. The molecular formula is C9H16ClN3O2S. The van der Waals surface area contributed by atoms with E-state index >= 15 is 0 Å². The van der Waals surface area contributed by atoms with E-state index in [4.69, 9.17) is 0 Å². The number of piperazine rings is 1. The van der Waals surface area contributed by atoms with E-state index in [0.29, 0.717) is 6.54 Å². The topological polar surface area (TPSA) is 52.7 Å². The van der Waals surface area contributed by atoms with Gasteiger partial charge in [0.15, 0.2) is 0 Å². The summed E-state index contributed by atoms with van der Waals surface area (Å²) in [6, 6.07) is 0. The van der Waals surface area contributed by atoms with Crippen molar-refractivity contribution in [3.8, 4) is 0 Å². The van der Waals surface area contributed by atoms with Crippen LogP contribution in [0.25, 0.3) is 0 Å². The first-order valence-corrected chi connectivity index (χ1v) is 6.16. The Balaban J connectivity index is 0.00000128. The number of carbonyl (C=O) groups excluding carboxylic acids is 2. The molecule has 0 aromatic rings. The molecule has 0 unspecified atom stereocenters. The number of nitrogens with one attached hydrogen (secondary N) is 1. The lowest BCUT2D eigenvalue weighted by Gasteiger charge is -2.28. The third kappa shape index (κ3) is 3.26. The van der Waals surface area contributed by atoms with Gasteiger partial charge in [-0.1, -0.05) is 11.8 Å². The minimum atomic E-state index is 0. The Kier molecular flexibility index (Phi) is 5.37. The summed E-state index contributed by atoms with van der Waals surface area (Å²) >= 11 is 1.30. The van der Waals surface area contributed by atoms with Crippen LogP contribution in [0.5, 0.6) is 0 Å². The van der Waals surface area contributed by atoms with E-state index in [9.17, 15) is 9.59 Å². The molecule has 0 atom stereocenters. The summed E-state index contributed by atoms with van der Waals surface area (Å²) in [7, 11) is 0. The second kappa shape index (κ2) is 6.32. The molecule has 16 heavy (non-hydrogen) atoms. The van der Waals surface area contributed by atoms with E-state index in [1.807, 2.05) is 4.90 Å². The molecule has 0 aromatic heterocycles. The van der Waals surface area contributed by atoms with Crippen molar-refractivity contribution >= 4 is 35.3 Å². The Morgan fingerprint density at radius 1 is 1.31 bits per heavy atom. The zero-order valence-corrected chi connectivity index (χ0v) is 10.6. The quantitative estimate of drug-likeness (QED) is 0.764. The highest BCUT2D eigenvalue weighted by Crippen LogP contribution is 2.16. The number of rotatable bonds is 2. The standard InChI is InChI=1S/C9H15N3O2S.ClH/c13-8(11-3-1-10-2-4-11)7-12-5-6-15-9(12)14;/h10H,1-7H2;1H. The average Bonchev–Trinajstić information content (AvgIpc) is 2.66. The van der Waals surface area contributed by atoms with Crippen molar-refractivity contribution in [1.29, 1.82) is 0 Å². The predicted molar refractivity (Wildman–Crippen MR) is 66.1 cm³/mol. The average molecular weight is 266 g/mol. The maximum absolute atomic E-state index is 11.8. The molecule has 0 radical (unpaired) electrons. The van der Waals surface area contributed by atoms with Crippen molar-refractivity contribution in [1.82, 2.24) is 15.1 Å². The van der Waals surface area contributed by atoms with Crippen LogP contribution in [0.1, 0.15) is 0 Å². The zero-order valence-electron chi connectivity index (χ0n) is 8.98. The van der Waals surface area contributed by atoms with Crippen LogP contribution in [0.15, 0.2) is 0 Å². The van der Waals surface area contributed by atoms with Crippen LogP contribution >= 0.6 is 24.2 Å².